The third-order valence-corrected chi connectivity index (χ3v) is 9.32. The van der Waals surface area contributed by atoms with Gasteiger partial charge in [-0.05, 0) is 81.4 Å². The smallest absolute Gasteiger partial charge is 0.476 e. The fraction of sp³-hybridized carbons (Fsp3) is 0.323. The molecule has 0 radical (unpaired) electrons. The Morgan fingerprint density at radius 1 is 1.02 bits per heavy atom. The topological polar surface area (TPSA) is 114 Å². The zero-order chi connectivity index (χ0) is 32.1. The molecule has 236 valence electrons. The van der Waals surface area contributed by atoms with E-state index in [0.717, 1.165) is 71.4 Å². The number of halogens is 3. The minimum Gasteiger partial charge on any atom is -0.476 e. The number of nitrogens with zero attached hydrogens (tertiary/aromatic N) is 4. The maximum Gasteiger partial charge on any atom is 0.573 e. The number of pyridine rings is 2. The first-order chi connectivity index (χ1) is 21.3. The largest absolute Gasteiger partial charge is 0.573 e. The lowest BCUT2D eigenvalue weighted by atomic mass is 9.92. The molecular weight excluding hydrogens is 611 g/mol. The van der Waals surface area contributed by atoms with E-state index in [4.69, 9.17) is 4.74 Å². The SMILES string of the molecule is CN(C)CCCOc1ncc(-c2ccc3ncc4c(c3c2)C2(CC2)C(=O)N4C)cc1NS(=O)(=O)c1ccc(OC(F)(F)F)cc1. The number of rotatable bonds is 10. The number of anilines is 2. The highest BCUT2D eigenvalue weighted by molar-refractivity contribution is 7.92. The summed E-state index contributed by atoms with van der Waals surface area (Å²) >= 11 is 0. The number of ether oxygens (including phenoxy) is 2. The molecule has 0 bridgehead atoms. The predicted molar refractivity (Wildman–Crippen MR) is 162 cm³/mol. The molecule has 1 aliphatic heterocycles. The number of hydrogen-bond donors (Lipinski definition) is 1. The van der Waals surface area contributed by atoms with Gasteiger partial charge in [-0.2, -0.15) is 0 Å². The molecule has 1 spiro atoms. The fourth-order valence-corrected chi connectivity index (χ4v) is 6.67. The number of carbonyl (C=O) groups excluding carboxylic acids is 1. The van der Waals surface area contributed by atoms with Crippen LogP contribution in [0.4, 0.5) is 24.5 Å². The summed E-state index contributed by atoms with van der Waals surface area (Å²) in [7, 11) is 1.33. The van der Waals surface area contributed by atoms with E-state index in [1.54, 1.807) is 30.4 Å². The lowest BCUT2D eigenvalue weighted by Crippen LogP contribution is -2.28. The van der Waals surface area contributed by atoms with Crippen molar-refractivity contribution in [1.29, 1.82) is 0 Å². The van der Waals surface area contributed by atoms with Crippen LogP contribution in [-0.2, 0) is 20.2 Å². The Labute approximate surface area is 257 Å². The Morgan fingerprint density at radius 2 is 1.76 bits per heavy atom. The molecule has 2 aromatic heterocycles. The first-order valence-corrected chi connectivity index (χ1v) is 15.6. The average Bonchev–Trinajstić information content (AvgIpc) is 3.75. The Hall–Kier alpha value is -4.43. The number of benzene rings is 2. The maximum atomic E-state index is 13.4. The van der Waals surface area contributed by atoms with Crippen molar-refractivity contribution >= 4 is 38.2 Å². The molecule has 1 saturated carbocycles. The van der Waals surface area contributed by atoms with E-state index < -0.39 is 27.6 Å². The lowest BCUT2D eigenvalue weighted by Gasteiger charge is -2.16. The normalized spacial score (nSPS) is 15.5. The summed E-state index contributed by atoms with van der Waals surface area (Å²) in [6, 6.07) is 11.1. The van der Waals surface area contributed by atoms with Crippen molar-refractivity contribution in [2.45, 2.75) is 35.9 Å². The first-order valence-electron chi connectivity index (χ1n) is 14.2. The summed E-state index contributed by atoms with van der Waals surface area (Å²) < 4.78 is 76.7. The molecule has 0 saturated heterocycles. The van der Waals surface area contributed by atoms with E-state index in [9.17, 15) is 26.4 Å². The molecular formula is C31H30F3N5O5S. The molecule has 2 aliphatic rings. The average molecular weight is 642 g/mol. The zero-order valence-electron chi connectivity index (χ0n) is 24.7. The van der Waals surface area contributed by atoms with Gasteiger partial charge in [-0.15, -0.1) is 13.2 Å². The van der Waals surface area contributed by atoms with Gasteiger partial charge in [0.15, 0.2) is 0 Å². The van der Waals surface area contributed by atoms with Crippen LogP contribution in [0.1, 0.15) is 24.8 Å². The number of amides is 1. The van der Waals surface area contributed by atoms with Gasteiger partial charge in [-0.1, -0.05) is 6.07 Å². The summed E-state index contributed by atoms with van der Waals surface area (Å²) in [5.41, 5.74) is 3.28. The molecule has 14 heteroatoms. The Bertz CT molecular complexity index is 1890. The number of carbonyl (C=O) groups is 1. The molecule has 45 heavy (non-hydrogen) atoms. The van der Waals surface area contributed by atoms with Crippen LogP contribution >= 0.6 is 0 Å². The summed E-state index contributed by atoms with van der Waals surface area (Å²) in [4.78, 5) is 25.4. The zero-order valence-corrected chi connectivity index (χ0v) is 25.5. The van der Waals surface area contributed by atoms with Crippen molar-refractivity contribution in [3.8, 4) is 22.8 Å². The van der Waals surface area contributed by atoms with Gasteiger partial charge >= 0.3 is 6.36 Å². The van der Waals surface area contributed by atoms with E-state index in [1.165, 1.54) is 0 Å². The standard InChI is InChI=1S/C31H30F3N5O5S/c1-38(2)13-4-14-43-28-25(37-45(41,42)22-8-6-21(7-9-22)44-31(32,33)34)16-20(17-36-28)19-5-10-24-23(15-19)27-26(18-35-24)39(3)29(40)30(27)11-12-30/h5-10,15-18,37H,4,11-14H2,1-3H3. The van der Waals surface area contributed by atoms with Crippen LogP contribution in [0.2, 0.25) is 0 Å². The van der Waals surface area contributed by atoms with Crippen LogP contribution in [0.25, 0.3) is 22.0 Å². The lowest BCUT2D eigenvalue weighted by molar-refractivity contribution is -0.274. The third-order valence-electron chi connectivity index (χ3n) is 7.94. The second-order valence-electron chi connectivity index (χ2n) is 11.4. The number of fused-ring (bicyclic) bond motifs is 4. The molecule has 6 rings (SSSR count). The van der Waals surface area contributed by atoms with E-state index in [-0.39, 0.29) is 29.0 Å². The van der Waals surface area contributed by atoms with Gasteiger partial charge < -0.3 is 19.3 Å². The van der Waals surface area contributed by atoms with Gasteiger partial charge in [0.25, 0.3) is 10.0 Å². The van der Waals surface area contributed by atoms with Crippen molar-refractivity contribution in [2.75, 3.05) is 43.9 Å². The maximum absolute atomic E-state index is 13.4. The molecule has 2 aromatic carbocycles. The number of alkyl halides is 3. The molecule has 1 amide bonds. The molecule has 10 nitrogen and oxygen atoms in total. The van der Waals surface area contributed by atoms with Crippen molar-refractivity contribution in [2.24, 2.45) is 0 Å². The van der Waals surface area contributed by atoms with Crippen LogP contribution < -0.4 is 19.1 Å². The number of aromatic nitrogens is 2. The van der Waals surface area contributed by atoms with Crippen LogP contribution in [0.3, 0.4) is 0 Å². The summed E-state index contributed by atoms with van der Waals surface area (Å²) in [5, 5.41) is 0.840. The van der Waals surface area contributed by atoms with E-state index >= 15 is 0 Å². The molecule has 0 atom stereocenters. The monoisotopic (exact) mass is 641 g/mol. The summed E-state index contributed by atoms with van der Waals surface area (Å²) in [6.45, 7) is 1.00. The van der Waals surface area contributed by atoms with Crippen molar-refractivity contribution < 1.29 is 35.9 Å². The van der Waals surface area contributed by atoms with Crippen LogP contribution in [0, 0.1) is 0 Å². The molecule has 0 unspecified atom stereocenters. The van der Waals surface area contributed by atoms with Gasteiger partial charge in [-0.25, -0.2) is 13.4 Å². The second kappa shape index (κ2) is 11.2. The minimum atomic E-state index is -4.91. The number of hydrogen-bond acceptors (Lipinski definition) is 8. The van der Waals surface area contributed by atoms with Gasteiger partial charge in [0.05, 0.1) is 34.3 Å². The third kappa shape index (κ3) is 5.99. The fourth-order valence-electron chi connectivity index (χ4n) is 5.62. The first kappa shape index (κ1) is 30.6. The van der Waals surface area contributed by atoms with Gasteiger partial charge in [0, 0.05) is 36.3 Å². The number of sulfonamides is 1. The van der Waals surface area contributed by atoms with Gasteiger partial charge in [-0.3, -0.25) is 14.5 Å². The second-order valence-corrected chi connectivity index (χ2v) is 13.1. The van der Waals surface area contributed by atoms with Crippen molar-refractivity contribution in [1.82, 2.24) is 14.9 Å². The van der Waals surface area contributed by atoms with Gasteiger partial charge in [0.2, 0.25) is 11.8 Å². The number of nitrogens with one attached hydrogen (secondary N) is 1. The Kier molecular flexibility index (Phi) is 7.60. The van der Waals surface area contributed by atoms with E-state index in [1.807, 2.05) is 37.2 Å². The highest BCUT2D eigenvalue weighted by atomic mass is 32.2. The van der Waals surface area contributed by atoms with Crippen LogP contribution in [-0.4, -0.2) is 69.8 Å². The van der Waals surface area contributed by atoms with E-state index in [2.05, 4.69) is 19.4 Å². The molecule has 1 N–H and O–H groups in total. The predicted octanol–water partition coefficient (Wildman–Crippen LogP) is 5.33. The van der Waals surface area contributed by atoms with E-state index in [0.29, 0.717) is 12.0 Å². The summed E-state index contributed by atoms with van der Waals surface area (Å²) in [5.74, 6) is -0.442. The molecule has 1 fully saturated rings. The van der Waals surface area contributed by atoms with Crippen LogP contribution in [0.5, 0.6) is 11.6 Å². The highest BCUT2D eigenvalue weighted by Gasteiger charge is 2.59. The Balaban J connectivity index is 1.36. The van der Waals surface area contributed by atoms with Crippen molar-refractivity contribution in [3.63, 3.8) is 0 Å². The molecule has 3 heterocycles. The molecule has 1 aliphatic carbocycles. The number of likely N-dealkylation sites (N-methyl/N-ethyl adjacent to an activating group) is 1. The highest BCUT2D eigenvalue weighted by Crippen LogP contribution is 2.58. The van der Waals surface area contributed by atoms with Crippen LogP contribution in [0.15, 0.2) is 65.8 Å². The Morgan fingerprint density at radius 3 is 2.42 bits per heavy atom. The minimum absolute atomic E-state index is 0.0469. The molecule has 4 aromatic rings. The van der Waals surface area contributed by atoms with Crippen molar-refractivity contribution in [3.05, 3.63) is 66.5 Å². The quantitative estimate of drug-likeness (QED) is 0.231. The van der Waals surface area contributed by atoms with Gasteiger partial charge in [0.1, 0.15) is 11.4 Å². The summed E-state index contributed by atoms with van der Waals surface area (Å²) in [6.07, 6.45) is 0.575.